The minimum Gasteiger partial charge on any atom is -0.466 e. The number of ether oxygens (including phenoxy) is 1. The van der Waals surface area contributed by atoms with Crippen LogP contribution in [0.3, 0.4) is 0 Å². The first-order chi connectivity index (χ1) is 18.7. The number of carbonyl (C=O) groups is 1. The number of carbonyl (C=O) groups excluding carboxylic acids is 1. The Hall–Kier alpha value is -3.94. The Balaban J connectivity index is 1.65. The van der Waals surface area contributed by atoms with E-state index in [1.54, 1.807) is 55.1 Å². The van der Waals surface area contributed by atoms with Crippen LogP contribution in [-0.4, -0.2) is 40.6 Å². The molecule has 0 aliphatic carbocycles. The molecule has 3 aromatic rings. The number of nitrogens with one attached hydrogen (secondary N) is 1. The third-order valence-corrected chi connectivity index (χ3v) is 7.15. The number of aromatic nitrogens is 2. The van der Waals surface area contributed by atoms with E-state index in [2.05, 4.69) is 21.4 Å². The van der Waals surface area contributed by atoms with Gasteiger partial charge in [0, 0.05) is 28.8 Å². The van der Waals surface area contributed by atoms with E-state index in [1.807, 2.05) is 0 Å². The molecule has 1 aromatic heterocycles. The third-order valence-electron chi connectivity index (χ3n) is 6.57. The Morgan fingerprint density at radius 2 is 2.05 bits per heavy atom. The molecule has 39 heavy (non-hydrogen) atoms. The molecule has 10 nitrogen and oxygen atoms in total. The lowest BCUT2D eigenvalue weighted by atomic mass is 9.91. The van der Waals surface area contributed by atoms with Gasteiger partial charge >= 0.3 is 11.7 Å². The molecule has 0 amide bonds. The number of piperidine rings is 1. The van der Waals surface area contributed by atoms with Crippen LogP contribution >= 0.6 is 23.2 Å². The average Bonchev–Trinajstić information content (AvgIpc) is 2.92. The number of hydrogen-bond acceptors (Lipinski definition) is 9. The molecule has 1 N–H and O–H groups in total. The quantitative estimate of drug-likeness (QED) is 0.192. The van der Waals surface area contributed by atoms with Gasteiger partial charge in [-0.15, -0.1) is 0 Å². The summed E-state index contributed by atoms with van der Waals surface area (Å²) < 4.78 is 5.16. The van der Waals surface area contributed by atoms with Crippen molar-refractivity contribution >= 4 is 52.2 Å². The Morgan fingerprint density at radius 3 is 2.72 bits per heavy atom. The fraction of sp³-hybridized carbons (Fsp3) is 0.333. The van der Waals surface area contributed by atoms with Gasteiger partial charge in [-0.3, -0.25) is 14.9 Å². The zero-order valence-electron chi connectivity index (χ0n) is 21.4. The smallest absolute Gasteiger partial charge is 0.353 e. The number of nitrogens with zero attached hydrogens (tertiary/aromatic N) is 5. The van der Waals surface area contributed by atoms with Gasteiger partial charge in [-0.2, -0.15) is 5.26 Å². The summed E-state index contributed by atoms with van der Waals surface area (Å²) in [5.41, 5.74) is 2.23. The Labute approximate surface area is 235 Å². The summed E-state index contributed by atoms with van der Waals surface area (Å²) in [4.78, 5) is 34.0. The lowest BCUT2D eigenvalue weighted by molar-refractivity contribution is -0.383. The van der Waals surface area contributed by atoms with E-state index in [0.29, 0.717) is 46.2 Å². The molecule has 2 unspecified atom stereocenters. The van der Waals surface area contributed by atoms with Crippen LogP contribution in [0, 0.1) is 34.3 Å². The highest BCUT2D eigenvalue weighted by Gasteiger charge is 2.33. The van der Waals surface area contributed by atoms with Crippen molar-refractivity contribution in [2.75, 3.05) is 29.9 Å². The number of esters is 1. The lowest BCUT2D eigenvalue weighted by Crippen LogP contribution is -2.40. The number of hydrogen-bond donors (Lipinski definition) is 1. The van der Waals surface area contributed by atoms with Crippen molar-refractivity contribution in [1.29, 1.82) is 5.26 Å². The van der Waals surface area contributed by atoms with Gasteiger partial charge in [0.25, 0.3) is 0 Å². The number of anilines is 3. The zero-order valence-corrected chi connectivity index (χ0v) is 22.9. The highest BCUT2D eigenvalue weighted by atomic mass is 35.5. The average molecular weight is 569 g/mol. The summed E-state index contributed by atoms with van der Waals surface area (Å²) in [5.74, 6) is -1.23. The van der Waals surface area contributed by atoms with Crippen molar-refractivity contribution in [1.82, 2.24) is 9.97 Å². The van der Waals surface area contributed by atoms with Gasteiger partial charge in [-0.05, 0) is 61.6 Å². The number of nitriles is 1. The van der Waals surface area contributed by atoms with Crippen molar-refractivity contribution in [3.63, 3.8) is 0 Å². The van der Waals surface area contributed by atoms with E-state index in [0.717, 1.165) is 5.56 Å². The van der Waals surface area contributed by atoms with E-state index in [1.165, 1.54) is 6.33 Å². The first kappa shape index (κ1) is 28.1. The molecule has 2 heterocycles. The largest absolute Gasteiger partial charge is 0.466 e. The molecular formula is C27H26Cl2N6O4. The van der Waals surface area contributed by atoms with Crippen LogP contribution in [-0.2, 0) is 9.53 Å². The maximum absolute atomic E-state index is 12.3. The minimum absolute atomic E-state index is 0.00953. The van der Waals surface area contributed by atoms with Gasteiger partial charge in [0.05, 0.1) is 29.4 Å². The molecular weight excluding hydrogens is 543 g/mol. The van der Waals surface area contributed by atoms with Crippen LogP contribution in [0.4, 0.5) is 23.0 Å². The van der Waals surface area contributed by atoms with E-state index in [9.17, 15) is 20.2 Å². The molecule has 2 aromatic carbocycles. The van der Waals surface area contributed by atoms with Gasteiger partial charge in [0.15, 0.2) is 0 Å². The van der Waals surface area contributed by atoms with Crippen LogP contribution < -0.4 is 10.2 Å². The lowest BCUT2D eigenvalue weighted by Gasteiger charge is -2.32. The van der Waals surface area contributed by atoms with Crippen molar-refractivity contribution in [2.45, 2.75) is 32.6 Å². The molecule has 2 atom stereocenters. The summed E-state index contributed by atoms with van der Waals surface area (Å²) >= 11 is 12.6. The number of aryl methyl sites for hydroxylation is 1. The number of benzene rings is 2. The second-order valence-electron chi connectivity index (χ2n) is 9.12. The highest BCUT2D eigenvalue weighted by molar-refractivity contribution is 6.32. The molecule has 4 rings (SSSR count). The van der Waals surface area contributed by atoms with Crippen LogP contribution in [0.1, 0.15) is 42.4 Å². The molecule has 0 spiro atoms. The molecule has 202 valence electrons. The topological polar surface area (TPSA) is 134 Å². The highest BCUT2D eigenvalue weighted by Crippen LogP contribution is 2.39. The van der Waals surface area contributed by atoms with Gasteiger partial charge in [-0.25, -0.2) is 9.97 Å². The molecule has 1 aliphatic heterocycles. The predicted octanol–water partition coefficient (Wildman–Crippen LogP) is 6.18. The third kappa shape index (κ3) is 6.21. The summed E-state index contributed by atoms with van der Waals surface area (Å²) in [6, 6.07) is 12.6. The van der Waals surface area contributed by atoms with Crippen LogP contribution in [0.25, 0.3) is 0 Å². The molecule has 1 saturated heterocycles. The van der Waals surface area contributed by atoms with Crippen LogP contribution in [0.2, 0.25) is 10.0 Å². The summed E-state index contributed by atoms with van der Waals surface area (Å²) in [6.45, 7) is 4.58. The monoisotopic (exact) mass is 568 g/mol. The van der Waals surface area contributed by atoms with Crippen LogP contribution in [0.5, 0.6) is 0 Å². The van der Waals surface area contributed by atoms with Crippen molar-refractivity contribution in [2.24, 2.45) is 5.92 Å². The summed E-state index contributed by atoms with van der Waals surface area (Å²) in [5, 5.41) is 26.0. The van der Waals surface area contributed by atoms with Gasteiger partial charge in [0.1, 0.15) is 6.33 Å². The molecule has 0 saturated carbocycles. The van der Waals surface area contributed by atoms with Crippen molar-refractivity contribution in [3.8, 4) is 6.07 Å². The number of nitro groups is 1. The maximum atomic E-state index is 12.3. The van der Waals surface area contributed by atoms with E-state index in [-0.39, 0.29) is 36.4 Å². The first-order valence-electron chi connectivity index (χ1n) is 12.4. The maximum Gasteiger partial charge on any atom is 0.353 e. The van der Waals surface area contributed by atoms with E-state index in [4.69, 9.17) is 27.9 Å². The van der Waals surface area contributed by atoms with E-state index < -0.39 is 16.8 Å². The second-order valence-corrected chi connectivity index (χ2v) is 9.96. The number of halogens is 2. The second kappa shape index (κ2) is 12.3. The molecule has 1 aliphatic rings. The normalized spacial score (nSPS) is 15.8. The minimum atomic E-state index is -0.631. The number of rotatable bonds is 8. The molecule has 1 fully saturated rings. The Bertz CT molecular complexity index is 1430. The SMILES string of the molecule is CCOC(=O)C1CCCN(c2ncnc(Nc3cc(Cl)c(C(C#N)c4ccc(Cl)cc4)cc3C)c2[N+](=O)[O-])C1. The van der Waals surface area contributed by atoms with Crippen LogP contribution in [0.15, 0.2) is 42.7 Å². The molecule has 0 bridgehead atoms. The summed E-state index contributed by atoms with van der Waals surface area (Å²) in [7, 11) is 0. The van der Waals surface area contributed by atoms with Gasteiger partial charge in [0.2, 0.25) is 11.6 Å². The Kier molecular flexibility index (Phi) is 8.84. The van der Waals surface area contributed by atoms with Crippen molar-refractivity contribution in [3.05, 3.63) is 79.6 Å². The molecule has 12 heteroatoms. The zero-order chi connectivity index (χ0) is 28.1. The fourth-order valence-corrected chi connectivity index (χ4v) is 5.05. The summed E-state index contributed by atoms with van der Waals surface area (Å²) in [6.07, 6.45) is 2.55. The fourth-order valence-electron chi connectivity index (χ4n) is 4.65. The van der Waals surface area contributed by atoms with Crippen molar-refractivity contribution < 1.29 is 14.5 Å². The standard InChI is InChI=1S/C27H26Cl2N6O4/c1-3-39-27(36)18-5-4-10-34(14-18)26-24(35(37)38)25(31-15-32-26)33-23-12-22(29)20(11-16(23)2)21(13-30)17-6-8-19(28)9-7-17/h6-9,11-12,15,18,21H,3-5,10,14H2,1-2H3,(H,31,32,33). The predicted molar refractivity (Wildman–Crippen MR) is 149 cm³/mol. The van der Waals surface area contributed by atoms with Gasteiger partial charge < -0.3 is 15.0 Å². The van der Waals surface area contributed by atoms with E-state index >= 15 is 0 Å². The van der Waals surface area contributed by atoms with Gasteiger partial charge in [-0.1, -0.05) is 41.4 Å². The molecule has 0 radical (unpaired) electrons. The first-order valence-corrected chi connectivity index (χ1v) is 13.1. The Morgan fingerprint density at radius 1 is 1.31 bits per heavy atom.